The highest BCUT2D eigenvalue weighted by molar-refractivity contribution is 6.60. The lowest BCUT2D eigenvalue weighted by atomic mass is 9.95. The Hall–Kier alpha value is -0.273. The molecule has 6 heteroatoms. The number of nitrogens with zero attached hydrogens (tertiary/aromatic N) is 2. The Morgan fingerprint density at radius 2 is 1.63 bits per heavy atom. The number of aliphatic imine (C=N–C) groups is 1. The van der Waals surface area contributed by atoms with Gasteiger partial charge in [-0.25, -0.2) is 0 Å². The van der Waals surface area contributed by atoms with Crippen LogP contribution >= 0.6 is 0 Å². The van der Waals surface area contributed by atoms with E-state index in [1.807, 2.05) is 6.21 Å². The summed E-state index contributed by atoms with van der Waals surface area (Å²) in [5.41, 5.74) is 0.0990. The lowest BCUT2D eigenvalue weighted by Crippen LogP contribution is -2.42. The predicted octanol–water partition coefficient (Wildman–Crippen LogP) is 1.91. The van der Waals surface area contributed by atoms with Crippen molar-refractivity contribution in [3.63, 3.8) is 0 Å². The highest BCUT2D eigenvalue weighted by Gasteiger charge is 2.36. The minimum atomic E-state index is -2.42. The molecule has 0 aliphatic rings. The van der Waals surface area contributed by atoms with Crippen molar-refractivity contribution in [2.45, 2.75) is 26.3 Å². The smallest absolute Gasteiger partial charge is 0.377 e. The van der Waals surface area contributed by atoms with E-state index >= 15 is 0 Å². The van der Waals surface area contributed by atoms with E-state index in [9.17, 15) is 0 Å². The van der Waals surface area contributed by atoms with Gasteiger partial charge in [-0.2, -0.15) is 0 Å². The Morgan fingerprint density at radius 1 is 1.11 bits per heavy atom. The van der Waals surface area contributed by atoms with Crippen LogP contribution in [0.25, 0.3) is 0 Å². The summed E-state index contributed by atoms with van der Waals surface area (Å²) in [6.07, 6.45) is 2.96. The van der Waals surface area contributed by atoms with Crippen molar-refractivity contribution >= 4 is 15.0 Å². The molecule has 0 atom stereocenters. The summed E-state index contributed by atoms with van der Waals surface area (Å²) < 4.78 is 16.1. The van der Waals surface area contributed by atoms with Gasteiger partial charge in [-0.15, -0.1) is 0 Å². The molecule has 0 fully saturated rings. The van der Waals surface area contributed by atoms with Gasteiger partial charge < -0.3 is 18.2 Å². The van der Waals surface area contributed by atoms with Gasteiger partial charge in [0.2, 0.25) is 0 Å². The third kappa shape index (κ3) is 7.79. The summed E-state index contributed by atoms with van der Waals surface area (Å²) in [7, 11) is 6.65. The first-order valence-electron chi connectivity index (χ1n) is 6.62. The Kier molecular flexibility index (Phi) is 8.68. The molecule has 114 valence electrons. The Balaban J connectivity index is 4.09. The second-order valence-corrected chi connectivity index (χ2v) is 8.75. The minimum absolute atomic E-state index is 0.0990. The summed E-state index contributed by atoms with van der Waals surface area (Å²) in [4.78, 5) is 6.68. The van der Waals surface area contributed by atoms with Gasteiger partial charge in [0.05, 0.1) is 0 Å². The van der Waals surface area contributed by atoms with Crippen LogP contribution in [0.5, 0.6) is 0 Å². The second kappa shape index (κ2) is 8.81. The van der Waals surface area contributed by atoms with E-state index in [0.29, 0.717) is 0 Å². The Bertz CT molecular complexity index is 258. The summed E-state index contributed by atoms with van der Waals surface area (Å²) in [6, 6.07) is 0.794. The molecule has 5 nitrogen and oxygen atoms in total. The molecule has 0 bridgehead atoms. The molecule has 0 amide bonds. The molecule has 0 N–H and O–H groups in total. The second-order valence-electron chi connectivity index (χ2n) is 5.66. The monoisotopic (exact) mass is 290 g/mol. The SMILES string of the molecule is CO[Si](CCC/N=C/C(C)(C)CN(C)C)(OC)OC. The van der Waals surface area contributed by atoms with Gasteiger partial charge in [-0.3, -0.25) is 4.99 Å². The molecule has 0 aromatic heterocycles. The highest BCUT2D eigenvalue weighted by atomic mass is 28.4. The molecule has 0 rings (SSSR count). The predicted molar refractivity (Wildman–Crippen MR) is 81.9 cm³/mol. The fourth-order valence-corrected chi connectivity index (χ4v) is 3.81. The zero-order valence-corrected chi connectivity index (χ0v) is 14.5. The maximum absolute atomic E-state index is 5.37. The van der Waals surface area contributed by atoms with E-state index in [1.165, 1.54) is 0 Å². The maximum Gasteiger partial charge on any atom is 0.500 e. The molecule has 0 saturated heterocycles. The van der Waals surface area contributed by atoms with E-state index in [4.69, 9.17) is 13.3 Å². The Labute approximate surface area is 119 Å². The van der Waals surface area contributed by atoms with Crippen LogP contribution < -0.4 is 0 Å². The average Bonchev–Trinajstić information content (AvgIpc) is 2.33. The van der Waals surface area contributed by atoms with Crippen LogP contribution in [-0.4, -0.2) is 68.4 Å². The van der Waals surface area contributed by atoms with Crippen LogP contribution in [0, 0.1) is 5.41 Å². The van der Waals surface area contributed by atoms with Crippen LogP contribution in [0.2, 0.25) is 6.04 Å². The van der Waals surface area contributed by atoms with Gasteiger partial charge in [0, 0.05) is 52.1 Å². The average molecular weight is 290 g/mol. The first-order valence-corrected chi connectivity index (χ1v) is 8.55. The van der Waals surface area contributed by atoms with Crippen LogP contribution in [0.15, 0.2) is 4.99 Å². The molecule has 0 saturated carbocycles. The van der Waals surface area contributed by atoms with E-state index in [2.05, 4.69) is 37.8 Å². The molecule has 0 aromatic rings. The molecule has 0 spiro atoms. The fraction of sp³-hybridized carbons (Fsp3) is 0.923. The molecular formula is C13H30N2O3Si. The highest BCUT2D eigenvalue weighted by Crippen LogP contribution is 2.16. The molecule has 0 aliphatic heterocycles. The van der Waals surface area contributed by atoms with E-state index in [0.717, 1.165) is 25.6 Å². The van der Waals surface area contributed by atoms with Crippen molar-refractivity contribution in [2.24, 2.45) is 10.4 Å². The number of hydrogen-bond acceptors (Lipinski definition) is 5. The van der Waals surface area contributed by atoms with Crippen LogP contribution in [0.4, 0.5) is 0 Å². The molecule has 0 aromatic carbocycles. The molecule has 0 heterocycles. The minimum Gasteiger partial charge on any atom is -0.377 e. The first kappa shape index (κ1) is 18.7. The lowest BCUT2D eigenvalue weighted by Gasteiger charge is -2.24. The summed E-state index contributed by atoms with van der Waals surface area (Å²) in [5, 5.41) is 0. The molecule has 0 unspecified atom stereocenters. The van der Waals surface area contributed by atoms with E-state index in [-0.39, 0.29) is 5.41 Å². The van der Waals surface area contributed by atoms with Crippen molar-refractivity contribution < 1.29 is 13.3 Å². The Morgan fingerprint density at radius 3 is 2.05 bits per heavy atom. The number of hydrogen-bond donors (Lipinski definition) is 0. The van der Waals surface area contributed by atoms with Crippen molar-refractivity contribution in [2.75, 3.05) is 48.5 Å². The van der Waals surface area contributed by atoms with Gasteiger partial charge in [-0.1, -0.05) is 13.8 Å². The van der Waals surface area contributed by atoms with E-state index in [1.54, 1.807) is 21.3 Å². The van der Waals surface area contributed by atoms with Gasteiger partial charge in [0.25, 0.3) is 0 Å². The van der Waals surface area contributed by atoms with Gasteiger partial charge in [0.1, 0.15) is 0 Å². The zero-order chi connectivity index (χ0) is 14.9. The molecular weight excluding hydrogens is 260 g/mol. The van der Waals surface area contributed by atoms with Gasteiger partial charge in [-0.05, 0) is 20.5 Å². The summed E-state index contributed by atoms with van der Waals surface area (Å²) in [6.45, 7) is 6.15. The molecule has 0 aliphatic carbocycles. The third-order valence-electron chi connectivity index (χ3n) is 2.87. The largest absolute Gasteiger partial charge is 0.500 e. The fourth-order valence-electron chi connectivity index (χ4n) is 2.11. The van der Waals surface area contributed by atoms with Crippen LogP contribution in [-0.2, 0) is 13.3 Å². The number of rotatable bonds is 10. The van der Waals surface area contributed by atoms with Crippen LogP contribution in [0.3, 0.4) is 0 Å². The van der Waals surface area contributed by atoms with Crippen molar-refractivity contribution in [3.8, 4) is 0 Å². The van der Waals surface area contributed by atoms with Crippen molar-refractivity contribution in [1.29, 1.82) is 0 Å². The standard InChI is InChI=1S/C13H30N2O3Si/c1-13(2,12-15(3)4)11-14-9-8-10-19(16-5,17-6)18-7/h11H,8-10,12H2,1-7H3/b14-11+. The third-order valence-corrected chi connectivity index (χ3v) is 5.70. The van der Waals surface area contributed by atoms with Crippen molar-refractivity contribution in [3.05, 3.63) is 0 Å². The molecule has 0 radical (unpaired) electrons. The summed E-state index contributed by atoms with van der Waals surface area (Å²) >= 11 is 0. The quantitative estimate of drug-likeness (QED) is 0.350. The maximum atomic E-state index is 5.37. The summed E-state index contributed by atoms with van der Waals surface area (Å²) in [5.74, 6) is 0. The van der Waals surface area contributed by atoms with E-state index < -0.39 is 8.80 Å². The van der Waals surface area contributed by atoms with Gasteiger partial charge >= 0.3 is 8.80 Å². The zero-order valence-electron chi connectivity index (χ0n) is 13.5. The first-order chi connectivity index (χ1) is 8.81. The molecule has 19 heavy (non-hydrogen) atoms. The van der Waals surface area contributed by atoms with Crippen LogP contribution in [0.1, 0.15) is 20.3 Å². The van der Waals surface area contributed by atoms with Gasteiger partial charge in [0.15, 0.2) is 0 Å². The topological polar surface area (TPSA) is 43.3 Å². The lowest BCUT2D eigenvalue weighted by molar-refractivity contribution is 0.123. The normalized spacial score (nSPS) is 13.7. The van der Waals surface area contributed by atoms with Crippen molar-refractivity contribution in [1.82, 2.24) is 4.90 Å².